The molecule has 62 heavy (non-hydrogen) atoms. The molecule has 22 heteroatoms. The van der Waals surface area contributed by atoms with Crippen molar-refractivity contribution in [1.29, 1.82) is 0 Å². The average Bonchev–Trinajstić information content (AvgIpc) is 3.18. The highest BCUT2D eigenvalue weighted by atomic mass is 32.5. The maximum absolute atomic E-state index is 13.3. The molecule has 4 aromatic carbocycles. The molecule has 0 unspecified atom stereocenters. The van der Waals surface area contributed by atoms with Crippen molar-refractivity contribution in [2.24, 2.45) is 0 Å². The predicted molar refractivity (Wildman–Crippen MR) is 215 cm³/mol. The summed E-state index contributed by atoms with van der Waals surface area (Å²) in [5.74, 6) is -2.04. The topological polar surface area (TPSA) is 99.5 Å². The van der Waals surface area contributed by atoms with E-state index in [2.05, 4.69) is 0 Å². The number of rotatable bonds is 15. The van der Waals surface area contributed by atoms with Crippen molar-refractivity contribution in [3.63, 3.8) is 0 Å². The van der Waals surface area contributed by atoms with Gasteiger partial charge in [0.2, 0.25) is 22.4 Å². The Morgan fingerprint density at radius 3 is 1.44 bits per heavy atom. The van der Waals surface area contributed by atoms with Crippen molar-refractivity contribution in [2.75, 3.05) is 26.2 Å². The Bertz CT molecular complexity index is 2150. The van der Waals surface area contributed by atoms with Crippen molar-refractivity contribution in [3.05, 3.63) is 125 Å². The first-order valence-corrected chi connectivity index (χ1v) is 23.5. The zero-order chi connectivity index (χ0) is 45.6. The number of carboxylic acids is 2. The molecule has 0 radical (unpaired) electrons. The summed E-state index contributed by atoms with van der Waals surface area (Å²) in [4.78, 5) is 21.0. The third kappa shape index (κ3) is 14.0. The van der Waals surface area contributed by atoms with Gasteiger partial charge in [0.05, 0.1) is 60.4 Å². The van der Waals surface area contributed by atoms with Crippen LogP contribution in [-0.2, 0) is 32.3 Å². The number of hydrogen-bond acceptors (Lipinski definition) is 6. The monoisotopic (exact) mass is 952 g/mol. The highest BCUT2D eigenvalue weighted by Crippen LogP contribution is 3.02. The summed E-state index contributed by atoms with van der Waals surface area (Å²) in [6.45, 7) is -0.184. The van der Waals surface area contributed by atoms with Gasteiger partial charge in [-0.2, -0.15) is 0 Å². The summed E-state index contributed by atoms with van der Waals surface area (Å²) in [6, 6.07) is 22.1. The lowest BCUT2D eigenvalue weighted by Crippen LogP contribution is -2.45. The number of nitrogens with zero attached hydrogens (tertiary/aromatic N) is 2. The molecule has 4 atom stereocenters. The fourth-order valence-electron chi connectivity index (χ4n) is 7.51. The van der Waals surface area contributed by atoms with Gasteiger partial charge in [-0.15, -0.1) is 23.3 Å². The summed E-state index contributed by atoms with van der Waals surface area (Å²) < 4.78 is 157. The number of ether oxygens (including phenoxy) is 2. The molecule has 2 aliphatic heterocycles. The van der Waals surface area contributed by atoms with Gasteiger partial charge in [0.15, 0.2) is 0 Å². The van der Waals surface area contributed by atoms with E-state index in [4.69, 9.17) is 9.47 Å². The zero-order valence-corrected chi connectivity index (χ0v) is 34.9. The van der Waals surface area contributed by atoms with Crippen LogP contribution in [0, 0.1) is 0 Å². The van der Waals surface area contributed by atoms with Crippen LogP contribution in [0.2, 0.25) is 0 Å². The van der Waals surface area contributed by atoms with Crippen LogP contribution in [0.3, 0.4) is 0 Å². The summed E-state index contributed by atoms with van der Waals surface area (Å²) in [7, 11) is -10.4. The molecule has 6 rings (SSSR count). The zero-order valence-electron chi connectivity index (χ0n) is 32.5. The van der Waals surface area contributed by atoms with Crippen molar-refractivity contribution >= 4 is 44.5 Å². The van der Waals surface area contributed by atoms with E-state index in [1.165, 1.54) is 6.07 Å². The normalized spacial score (nSPS) is 22.0. The van der Waals surface area contributed by atoms with E-state index in [-0.39, 0.29) is 37.9 Å². The second kappa shape index (κ2) is 19.0. The van der Waals surface area contributed by atoms with Gasteiger partial charge < -0.3 is 19.7 Å². The van der Waals surface area contributed by atoms with Crippen molar-refractivity contribution in [2.45, 2.75) is 77.9 Å². The molecule has 0 aromatic heterocycles. The Morgan fingerprint density at radius 2 is 1.02 bits per heavy atom. The summed E-state index contributed by atoms with van der Waals surface area (Å²) in [5.41, 5.74) is 1.36. The number of carbonyl (C=O) groups is 2. The van der Waals surface area contributed by atoms with E-state index in [1.54, 1.807) is 41.3 Å². The third-order valence-corrected chi connectivity index (χ3v) is 12.7. The number of halogens is 11. The number of carboxylic acid groups (broad SMARTS) is 2. The maximum atomic E-state index is 13.3. The molecule has 0 amide bonds. The molecule has 0 saturated carbocycles. The molecule has 344 valence electrons. The Balaban J connectivity index is 0.000000238. The quantitative estimate of drug-likeness (QED) is 0.114. The lowest BCUT2D eigenvalue weighted by molar-refractivity contribution is -0.142. The van der Waals surface area contributed by atoms with Crippen LogP contribution in [0.1, 0.15) is 60.0 Å². The summed E-state index contributed by atoms with van der Waals surface area (Å²) >= 11 is -11.5. The van der Waals surface area contributed by atoms with E-state index < -0.39 is 89.6 Å². The van der Waals surface area contributed by atoms with Gasteiger partial charge in [-0.05, 0) is 91.4 Å². The first kappa shape index (κ1) is 49.0. The van der Waals surface area contributed by atoms with Gasteiger partial charge in [-0.3, -0.25) is 19.4 Å². The fourth-order valence-corrected chi connectivity index (χ4v) is 9.38. The lowest BCUT2D eigenvalue weighted by atomic mass is 9.92. The SMILES string of the molecule is O=C(O)CN1CCC[C@H](OCc2cc(S(F)(F)F)cc(S(F)(F)(F)(F)F)c2)[C@@H]1c1ccccc1.O=C(O)CN1CCC[C@H](OCc2cccc(S(F)(F)F)c2)[C@@H]1c1ccccc1. The van der Waals surface area contributed by atoms with Crippen molar-refractivity contribution in [3.8, 4) is 0 Å². The highest BCUT2D eigenvalue weighted by molar-refractivity contribution is 8.45. The molecular formula is C40H43F11N2O6S3. The minimum absolute atomic E-state index is 0.0222. The lowest BCUT2D eigenvalue weighted by Gasteiger charge is -2.41. The van der Waals surface area contributed by atoms with Crippen LogP contribution in [-0.4, -0.2) is 70.3 Å². The largest absolute Gasteiger partial charge is 0.480 e. The molecule has 0 bridgehead atoms. The molecule has 2 heterocycles. The van der Waals surface area contributed by atoms with E-state index in [9.17, 15) is 62.5 Å². The average molecular weight is 953 g/mol. The van der Waals surface area contributed by atoms with Crippen LogP contribution in [0.5, 0.6) is 0 Å². The van der Waals surface area contributed by atoms with Crippen molar-refractivity contribution in [1.82, 2.24) is 9.80 Å². The Kier molecular flexibility index (Phi) is 15.0. The fraction of sp³-hybridized carbons (Fsp3) is 0.350. The molecule has 2 saturated heterocycles. The van der Waals surface area contributed by atoms with Gasteiger partial charge in [0.1, 0.15) is 4.90 Å². The number of aliphatic carboxylic acids is 2. The highest BCUT2D eigenvalue weighted by Gasteiger charge is 2.66. The predicted octanol–water partition coefficient (Wildman–Crippen LogP) is 13.3. The van der Waals surface area contributed by atoms with Gasteiger partial charge in [0.25, 0.3) is 0 Å². The molecular weight excluding hydrogens is 910 g/mol. The molecule has 4 aromatic rings. The summed E-state index contributed by atoms with van der Waals surface area (Å²) in [6.07, 6.45) is 1.21. The standard InChI is InChI=1S/C20H21F8NO3S2.C20H22F3NO3S/c21-33(22,23)16-9-14(10-17(11-16)34(24,25,26,27)28)13-32-18-7-4-8-29(12-19(30)31)20(18)15-5-2-1-3-6-15;21-28(22,23)17-9-4-6-15(12-17)14-27-18-10-5-11-24(13-19(25)26)20(18)16-7-2-1-3-8-16/h1-3,5-6,9-11,18,20H,4,7-8,12-13H2,(H,30,31);1-4,6-9,12,18,20H,5,10-11,13-14H2,(H,25,26)/t2*18-,20-/m00/s1. The number of hydrogen-bond donors (Lipinski definition) is 2. The maximum Gasteiger partial charge on any atom is 0.317 e. The number of benzene rings is 4. The number of piperidine rings is 2. The van der Waals surface area contributed by atoms with Gasteiger partial charge in [-0.1, -0.05) is 92.2 Å². The second-order valence-electron chi connectivity index (χ2n) is 14.7. The van der Waals surface area contributed by atoms with Crippen molar-refractivity contribution < 1.29 is 72.0 Å². The van der Waals surface area contributed by atoms with E-state index >= 15 is 0 Å². The number of likely N-dealkylation sites (tertiary alicyclic amines) is 2. The molecule has 8 nitrogen and oxygen atoms in total. The first-order valence-electron chi connectivity index (χ1n) is 18.8. The third-order valence-electron chi connectivity index (χ3n) is 10.1. The van der Waals surface area contributed by atoms with E-state index in [0.29, 0.717) is 43.1 Å². The van der Waals surface area contributed by atoms with Crippen LogP contribution in [0.15, 0.2) is 118 Å². The van der Waals surface area contributed by atoms with Gasteiger partial charge in [-0.25, -0.2) is 0 Å². The van der Waals surface area contributed by atoms with E-state index in [0.717, 1.165) is 30.5 Å². The van der Waals surface area contributed by atoms with Gasteiger partial charge >= 0.3 is 22.2 Å². The Labute approximate surface area is 354 Å². The first-order chi connectivity index (χ1) is 28.8. The van der Waals surface area contributed by atoms with Crippen LogP contribution < -0.4 is 0 Å². The second-order valence-corrected chi connectivity index (χ2v) is 19.6. The van der Waals surface area contributed by atoms with Crippen LogP contribution in [0.25, 0.3) is 0 Å². The Morgan fingerprint density at radius 1 is 0.581 bits per heavy atom. The minimum Gasteiger partial charge on any atom is -0.480 e. The smallest absolute Gasteiger partial charge is 0.317 e. The molecule has 2 fully saturated rings. The molecule has 2 aliphatic rings. The van der Waals surface area contributed by atoms with Gasteiger partial charge in [0, 0.05) is 0 Å². The molecule has 0 aliphatic carbocycles. The van der Waals surface area contributed by atoms with Crippen LogP contribution >= 0.6 is 32.6 Å². The molecule has 0 spiro atoms. The minimum atomic E-state index is -10.4. The summed E-state index contributed by atoms with van der Waals surface area (Å²) in [5, 5.41) is 18.5. The van der Waals surface area contributed by atoms with Crippen LogP contribution in [0.4, 0.5) is 42.7 Å². The molecule has 2 N–H and O–H groups in total. The Hall–Kier alpha value is -4.06. The van der Waals surface area contributed by atoms with E-state index in [1.807, 2.05) is 35.2 Å².